The van der Waals surface area contributed by atoms with Crippen molar-refractivity contribution in [1.29, 1.82) is 0 Å². The van der Waals surface area contributed by atoms with E-state index in [1.165, 1.54) is 19.4 Å². The average molecular weight is 265 g/mol. The van der Waals surface area contributed by atoms with Crippen LogP contribution in [-0.2, 0) is 0 Å². The molecule has 1 fully saturated rings. The summed E-state index contributed by atoms with van der Waals surface area (Å²) in [5.41, 5.74) is 0. The second-order valence-electron chi connectivity index (χ2n) is 5.95. The first-order valence-corrected chi connectivity index (χ1v) is 7.21. The van der Waals surface area contributed by atoms with Crippen molar-refractivity contribution in [2.24, 2.45) is 0 Å². The van der Waals surface area contributed by atoms with E-state index in [0.29, 0.717) is 18.1 Å². The summed E-state index contributed by atoms with van der Waals surface area (Å²) in [5, 5.41) is 3.71. The van der Waals surface area contributed by atoms with Crippen molar-refractivity contribution in [2.45, 2.75) is 37.9 Å². The maximum absolute atomic E-state index is 5.55. The highest BCUT2D eigenvalue weighted by molar-refractivity contribution is 5.05. The Morgan fingerprint density at radius 3 is 2.89 bits per heavy atom. The summed E-state index contributed by atoms with van der Waals surface area (Å²) in [6.45, 7) is 4.44. The van der Waals surface area contributed by atoms with E-state index in [1.807, 2.05) is 6.07 Å². The van der Waals surface area contributed by atoms with Crippen LogP contribution in [0.15, 0.2) is 22.8 Å². The van der Waals surface area contributed by atoms with Gasteiger partial charge in [-0.15, -0.1) is 0 Å². The molecule has 108 valence electrons. The molecule has 0 saturated carbocycles. The molecule has 1 aliphatic rings. The fraction of sp³-hybridized carbons (Fsp3) is 0.733. The van der Waals surface area contributed by atoms with Gasteiger partial charge in [0.1, 0.15) is 5.76 Å². The summed E-state index contributed by atoms with van der Waals surface area (Å²) in [4.78, 5) is 4.65. The van der Waals surface area contributed by atoms with Crippen LogP contribution < -0.4 is 5.32 Å². The normalized spacial score (nSPS) is 26.8. The Morgan fingerprint density at radius 2 is 2.32 bits per heavy atom. The summed E-state index contributed by atoms with van der Waals surface area (Å²) >= 11 is 0. The monoisotopic (exact) mass is 265 g/mol. The first kappa shape index (κ1) is 14.6. The van der Waals surface area contributed by atoms with Crippen molar-refractivity contribution in [1.82, 2.24) is 15.1 Å². The van der Waals surface area contributed by atoms with Gasteiger partial charge in [0.15, 0.2) is 0 Å². The second-order valence-corrected chi connectivity index (χ2v) is 5.95. The van der Waals surface area contributed by atoms with Crippen LogP contribution in [0.5, 0.6) is 0 Å². The molecule has 2 rings (SSSR count). The minimum absolute atomic E-state index is 0.310. The van der Waals surface area contributed by atoms with E-state index in [0.717, 1.165) is 12.3 Å². The largest absolute Gasteiger partial charge is 0.468 e. The van der Waals surface area contributed by atoms with Crippen molar-refractivity contribution in [3.05, 3.63) is 24.2 Å². The SMILES string of the molecule is CC1CC(NCC(c2ccco2)N(C)C)CCN1C. The molecule has 3 atom stereocenters. The van der Waals surface area contributed by atoms with E-state index in [9.17, 15) is 0 Å². The van der Waals surface area contributed by atoms with Crippen LogP contribution in [0.4, 0.5) is 0 Å². The number of piperidine rings is 1. The Hall–Kier alpha value is -0.840. The van der Waals surface area contributed by atoms with Gasteiger partial charge in [0.2, 0.25) is 0 Å². The van der Waals surface area contributed by atoms with Gasteiger partial charge >= 0.3 is 0 Å². The molecule has 2 heterocycles. The molecule has 1 N–H and O–H groups in total. The quantitative estimate of drug-likeness (QED) is 0.882. The number of likely N-dealkylation sites (N-methyl/N-ethyl adjacent to an activating group) is 1. The van der Waals surface area contributed by atoms with Gasteiger partial charge in [-0.2, -0.15) is 0 Å². The molecule has 1 aliphatic heterocycles. The summed E-state index contributed by atoms with van der Waals surface area (Å²) < 4.78 is 5.55. The minimum Gasteiger partial charge on any atom is -0.468 e. The highest BCUT2D eigenvalue weighted by Gasteiger charge is 2.24. The van der Waals surface area contributed by atoms with Gasteiger partial charge in [-0.3, -0.25) is 4.90 Å². The molecular weight excluding hydrogens is 238 g/mol. The number of hydrogen-bond donors (Lipinski definition) is 1. The van der Waals surface area contributed by atoms with Crippen LogP contribution >= 0.6 is 0 Å². The second kappa shape index (κ2) is 6.55. The predicted molar refractivity (Wildman–Crippen MR) is 78.3 cm³/mol. The molecular formula is C15H27N3O. The Morgan fingerprint density at radius 1 is 1.53 bits per heavy atom. The third kappa shape index (κ3) is 3.81. The molecule has 19 heavy (non-hydrogen) atoms. The van der Waals surface area contributed by atoms with Crippen molar-refractivity contribution >= 4 is 0 Å². The zero-order valence-electron chi connectivity index (χ0n) is 12.6. The lowest BCUT2D eigenvalue weighted by molar-refractivity contribution is 0.159. The molecule has 0 spiro atoms. The molecule has 0 aromatic carbocycles. The molecule has 4 heteroatoms. The number of rotatable bonds is 5. The third-order valence-corrected chi connectivity index (χ3v) is 4.30. The molecule has 1 aromatic heterocycles. The van der Waals surface area contributed by atoms with E-state index in [2.05, 4.69) is 49.2 Å². The molecule has 0 amide bonds. The lowest BCUT2D eigenvalue weighted by atomic mass is 9.98. The van der Waals surface area contributed by atoms with Crippen molar-refractivity contribution in [3.63, 3.8) is 0 Å². The molecule has 0 radical (unpaired) electrons. The number of hydrogen-bond acceptors (Lipinski definition) is 4. The number of nitrogens with one attached hydrogen (secondary N) is 1. The van der Waals surface area contributed by atoms with Crippen LogP contribution in [0.25, 0.3) is 0 Å². The predicted octanol–water partition coefficient (Wildman–Crippen LogP) is 1.95. The maximum Gasteiger partial charge on any atom is 0.122 e. The van der Waals surface area contributed by atoms with Crippen LogP contribution in [0.2, 0.25) is 0 Å². The summed E-state index contributed by atoms with van der Waals surface area (Å²) in [6.07, 6.45) is 4.22. The van der Waals surface area contributed by atoms with E-state index in [-0.39, 0.29) is 0 Å². The Balaban J connectivity index is 1.86. The molecule has 1 saturated heterocycles. The van der Waals surface area contributed by atoms with Crippen LogP contribution in [0.1, 0.15) is 31.6 Å². The lowest BCUT2D eigenvalue weighted by Gasteiger charge is -2.36. The van der Waals surface area contributed by atoms with Gasteiger partial charge in [0.25, 0.3) is 0 Å². The molecule has 0 aliphatic carbocycles. The van der Waals surface area contributed by atoms with Gasteiger partial charge in [0.05, 0.1) is 12.3 Å². The smallest absolute Gasteiger partial charge is 0.122 e. The Bertz CT molecular complexity index is 363. The lowest BCUT2D eigenvalue weighted by Crippen LogP contribution is -2.47. The first-order valence-electron chi connectivity index (χ1n) is 7.21. The van der Waals surface area contributed by atoms with E-state index < -0.39 is 0 Å². The fourth-order valence-electron chi connectivity index (χ4n) is 2.77. The molecule has 0 bridgehead atoms. The van der Waals surface area contributed by atoms with Crippen LogP contribution in [-0.4, -0.2) is 56.1 Å². The Labute approximate surface area is 116 Å². The number of likely N-dealkylation sites (tertiary alicyclic amines) is 1. The number of nitrogens with zero attached hydrogens (tertiary/aromatic N) is 2. The average Bonchev–Trinajstić information content (AvgIpc) is 2.87. The van der Waals surface area contributed by atoms with Gasteiger partial charge in [-0.25, -0.2) is 0 Å². The van der Waals surface area contributed by atoms with E-state index >= 15 is 0 Å². The summed E-state index contributed by atoms with van der Waals surface area (Å²) in [6, 6.07) is 5.63. The number of furan rings is 1. The van der Waals surface area contributed by atoms with Gasteiger partial charge < -0.3 is 14.6 Å². The summed E-state index contributed by atoms with van der Waals surface area (Å²) in [5.74, 6) is 1.04. The van der Waals surface area contributed by atoms with E-state index in [1.54, 1.807) is 6.26 Å². The highest BCUT2D eigenvalue weighted by Crippen LogP contribution is 2.20. The van der Waals surface area contributed by atoms with Gasteiger partial charge in [-0.1, -0.05) is 0 Å². The van der Waals surface area contributed by atoms with E-state index in [4.69, 9.17) is 4.42 Å². The minimum atomic E-state index is 0.310. The Kier molecular flexibility index (Phi) is 5.02. The highest BCUT2D eigenvalue weighted by atomic mass is 16.3. The van der Waals surface area contributed by atoms with Crippen molar-refractivity contribution < 1.29 is 4.42 Å². The standard InChI is InChI=1S/C15H27N3O/c1-12-10-13(7-8-18(12)4)16-11-14(17(2)3)15-6-5-9-19-15/h5-6,9,12-14,16H,7-8,10-11H2,1-4H3. The van der Waals surface area contributed by atoms with Crippen LogP contribution in [0, 0.1) is 0 Å². The molecule has 1 aromatic rings. The van der Waals surface area contributed by atoms with Crippen molar-refractivity contribution in [2.75, 3.05) is 34.2 Å². The maximum atomic E-state index is 5.55. The molecule has 4 nitrogen and oxygen atoms in total. The van der Waals surface area contributed by atoms with Crippen molar-refractivity contribution in [3.8, 4) is 0 Å². The molecule has 3 unspecified atom stereocenters. The summed E-state index contributed by atoms with van der Waals surface area (Å²) in [7, 11) is 6.42. The van der Waals surface area contributed by atoms with Crippen LogP contribution in [0.3, 0.4) is 0 Å². The zero-order valence-corrected chi connectivity index (χ0v) is 12.6. The zero-order chi connectivity index (χ0) is 13.8. The topological polar surface area (TPSA) is 31.7 Å². The fourth-order valence-corrected chi connectivity index (χ4v) is 2.77. The first-order chi connectivity index (χ1) is 9.08. The van der Waals surface area contributed by atoms with Gasteiger partial charge in [-0.05, 0) is 59.6 Å². The van der Waals surface area contributed by atoms with Gasteiger partial charge in [0, 0.05) is 18.6 Å². The third-order valence-electron chi connectivity index (χ3n) is 4.30.